The fourth-order valence-electron chi connectivity index (χ4n) is 12.8. The fraction of sp³-hybridized carbons (Fsp3) is 0.482. The maximum Gasteiger partial charge on any atom is 0.245 e. The van der Waals surface area contributed by atoms with E-state index in [1.807, 2.05) is 0 Å². The van der Waals surface area contributed by atoms with Crippen LogP contribution >= 0.6 is 11.8 Å². The Morgan fingerprint density at radius 2 is 0.839 bits per heavy atom. The first-order valence-corrected chi connectivity index (χ1v) is 41.8. The number of benzene rings is 4. The van der Waals surface area contributed by atoms with Gasteiger partial charge < -0.3 is 122 Å². The Hall–Kier alpha value is -12.9. The Balaban J connectivity index is 1.40. The molecule has 0 saturated carbocycles. The summed E-state index contributed by atoms with van der Waals surface area (Å²) in [6.45, 7) is 8.19. The highest BCUT2D eigenvalue weighted by Gasteiger charge is 2.39. The van der Waals surface area contributed by atoms with E-state index in [-0.39, 0.29) is 111 Å². The van der Waals surface area contributed by atoms with E-state index in [2.05, 4.69) is 89.7 Å². The number of carbonyl (C=O) groups excluding carboxylic acids is 16. The maximum atomic E-state index is 15.1. The number of aliphatic hydroxyl groups is 1. The number of rotatable bonds is 24. The van der Waals surface area contributed by atoms with Gasteiger partial charge in [-0.15, -0.1) is 11.8 Å². The SMILES string of the molecule is CC[C@H](C)[C@@H]1NC(=O)[C@H](Cc2c[nH]cn2)NC(=O)[C@H](Cc2ccc(O)cc2)NC(=O)CSC[C@@H](C(=O)NCC(N)=O)NC(=O)CNC(=O)[C@H](CC(C)C)NC(=O)[C@H](CCCCN)NC(=O)CNC(=O)[C@H](Cc2ccc(O)cc2)NC(=O)[C@H](CC(C)C)NC(=O)[C@H](CO)NC(=O)[C@H](C)NC(=O)[C@H](Cc2ccc(O)cc2)NC(=O)[C@H](Cc2ccc(O)cc2)NC1=O. The second-order valence-corrected chi connectivity index (χ2v) is 32.0. The molecule has 0 bridgehead atoms. The molecule has 1 saturated heterocycles. The first-order valence-electron chi connectivity index (χ1n) is 40.6. The number of carbonyl (C=O) groups is 16. The lowest BCUT2D eigenvalue weighted by Gasteiger charge is -2.29. The smallest absolute Gasteiger partial charge is 0.245 e. The lowest BCUT2D eigenvalue weighted by molar-refractivity contribution is -0.136. The molecule has 674 valence electrons. The minimum absolute atomic E-state index is 0.0261. The summed E-state index contributed by atoms with van der Waals surface area (Å²) in [6.07, 6.45) is 1.84. The van der Waals surface area contributed by atoms with Gasteiger partial charge in [-0.3, -0.25) is 76.7 Å². The van der Waals surface area contributed by atoms with Crippen LogP contribution in [0.4, 0.5) is 0 Å². The van der Waals surface area contributed by atoms with Gasteiger partial charge in [-0.05, 0) is 134 Å². The predicted octanol–water partition coefficient (Wildman–Crippen LogP) is -3.58. The molecule has 1 aliphatic heterocycles. The Bertz CT molecular complexity index is 4450. The number of nitrogens with zero attached hydrogens (tertiary/aromatic N) is 1. The molecule has 1 aliphatic rings. The maximum absolute atomic E-state index is 15.1. The third-order valence-corrected chi connectivity index (χ3v) is 20.8. The van der Waals surface area contributed by atoms with Crippen molar-refractivity contribution in [3.8, 4) is 23.0 Å². The van der Waals surface area contributed by atoms with Crippen molar-refractivity contribution in [1.29, 1.82) is 0 Å². The van der Waals surface area contributed by atoms with Crippen LogP contribution in [0, 0.1) is 17.8 Å². The van der Waals surface area contributed by atoms with Crippen molar-refractivity contribution in [3.05, 3.63) is 138 Å². The van der Waals surface area contributed by atoms with Crippen molar-refractivity contribution in [2.75, 3.05) is 44.3 Å². The quantitative estimate of drug-likeness (QED) is 0.0266. The van der Waals surface area contributed by atoms with Gasteiger partial charge in [0.2, 0.25) is 94.5 Å². The number of unbranched alkanes of at least 4 members (excludes halogenated alkanes) is 1. The summed E-state index contributed by atoms with van der Waals surface area (Å²) in [5.74, 6) is -18.4. The van der Waals surface area contributed by atoms with Crippen molar-refractivity contribution in [2.24, 2.45) is 29.2 Å². The van der Waals surface area contributed by atoms with E-state index in [1.54, 1.807) is 41.5 Å². The summed E-state index contributed by atoms with van der Waals surface area (Å²) in [4.78, 5) is 235. The van der Waals surface area contributed by atoms with Crippen molar-refractivity contribution in [2.45, 2.75) is 192 Å². The first-order chi connectivity index (χ1) is 58.9. The van der Waals surface area contributed by atoms with E-state index in [0.29, 0.717) is 28.7 Å². The Morgan fingerprint density at radius 1 is 0.460 bits per heavy atom. The lowest BCUT2D eigenvalue weighted by atomic mass is 9.96. The number of phenolic OH excluding ortho intramolecular Hbond substituents is 4. The number of hydrogen-bond donors (Lipinski definition) is 23. The number of primary amides is 1. The average Bonchev–Trinajstić information content (AvgIpc) is 1.12. The number of amides is 16. The lowest BCUT2D eigenvalue weighted by Crippen LogP contribution is -2.62. The highest BCUT2D eigenvalue weighted by molar-refractivity contribution is 8.00. The molecule has 0 unspecified atom stereocenters. The van der Waals surface area contributed by atoms with Crippen LogP contribution in [-0.4, -0.2) is 247 Å². The second kappa shape index (κ2) is 50.5. The molecule has 41 heteroatoms. The summed E-state index contributed by atoms with van der Waals surface area (Å²) in [5.41, 5.74) is 12.9. The molecular formula is C83H115N19O21S. The predicted molar refractivity (Wildman–Crippen MR) is 452 cm³/mol. The molecule has 13 atom stereocenters. The summed E-state index contributed by atoms with van der Waals surface area (Å²) in [7, 11) is 0. The Morgan fingerprint density at radius 3 is 1.28 bits per heavy atom. The van der Waals surface area contributed by atoms with Gasteiger partial charge in [-0.25, -0.2) is 4.98 Å². The number of nitrogens with one attached hydrogen (secondary N) is 16. The normalized spacial score (nSPS) is 23.0. The molecule has 124 heavy (non-hydrogen) atoms. The molecular weight excluding hydrogens is 1630 g/mol. The largest absolute Gasteiger partial charge is 0.508 e. The topological polar surface area (TPSA) is 635 Å². The van der Waals surface area contributed by atoms with Crippen LogP contribution in [0.1, 0.15) is 115 Å². The molecule has 2 heterocycles. The van der Waals surface area contributed by atoms with Crippen LogP contribution in [0.15, 0.2) is 110 Å². The number of aromatic hydroxyl groups is 4. The molecule has 0 spiro atoms. The van der Waals surface area contributed by atoms with E-state index in [0.717, 1.165) is 11.8 Å². The molecule has 0 aliphatic carbocycles. The van der Waals surface area contributed by atoms with Crippen molar-refractivity contribution >= 4 is 106 Å². The molecule has 0 radical (unpaired) electrons. The van der Waals surface area contributed by atoms with Crippen molar-refractivity contribution < 1.29 is 102 Å². The van der Waals surface area contributed by atoms with Gasteiger partial charge in [0, 0.05) is 44.1 Å². The van der Waals surface area contributed by atoms with Gasteiger partial charge in [-0.2, -0.15) is 0 Å². The molecule has 16 amide bonds. The van der Waals surface area contributed by atoms with E-state index in [9.17, 15) is 87.9 Å². The van der Waals surface area contributed by atoms with Crippen LogP contribution in [0.2, 0.25) is 0 Å². The number of hydrogen-bond acceptors (Lipinski definition) is 24. The monoisotopic (exact) mass is 1750 g/mol. The number of nitrogens with two attached hydrogens (primary N) is 2. The molecule has 25 N–H and O–H groups in total. The Labute approximate surface area is 720 Å². The second-order valence-electron chi connectivity index (χ2n) is 31.0. The van der Waals surface area contributed by atoms with Crippen molar-refractivity contribution in [1.82, 2.24) is 89.7 Å². The summed E-state index contributed by atoms with van der Waals surface area (Å²) in [5, 5.41) is 89.8. The number of phenols is 4. The molecule has 40 nitrogen and oxygen atoms in total. The molecule has 5 aromatic rings. The fourth-order valence-corrected chi connectivity index (χ4v) is 13.7. The third-order valence-electron chi connectivity index (χ3n) is 19.7. The third kappa shape index (κ3) is 34.5. The number of H-pyrrole nitrogens is 1. The van der Waals surface area contributed by atoms with Gasteiger partial charge in [0.15, 0.2) is 0 Å². The van der Waals surface area contributed by atoms with Crippen LogP contribution < -0.4 is 91.2 Å². The van der Waals surface area contributed by atoms with E-state index in [4.69, 9.17) is 11.5 Å². The van der Waals surface area contributed by atoms with E-state index >= 15 is 14.4 Å². The van der Waals surface area contributed by atoms with Crippen LogP contribution in [0.25, 0.3) is 0 Å². The van der Waals surface area contributed by atoms with Gasteiger partial charge in [0.25, 0.3) is 0 Å². The van der Waals surface area contributed by atoms with Gasteiger partial charge >= 0.3 is 0 Å². The average molecular weight is 1750 g/mol. The first kappa shape index (κ1) is 99.9. The van der Waals surface area contributed by atoms with Crippen molar-refractivity contribution in [3.63, 3.8) is 0 Å². The minimum Gasteiger partial charge on any atom is -0.508 e. The molecule has 4 aromatic carbocycles. The number of aromatic nitrogens is 2. The Kier molecular flexibility index (Phi) is 40.7. The zero-order chi connectivity index (χ0) is 91.3. The standard InChI is InChI=1S/C83H115N19O21S/c1-8-46(6)71-83(123)100-63(34-51-18-26-56(107)27-19-51)80(120)98-62(33-50-16-24-55(106)25-17-50)77(117)91-47(7)72(112)101-65(40-103)82(122)96-59(30-45(4)5)78(118)97-60(31-48-12-20-53(104)21-13-48)74(114)89-38-68(109)92-57(11-9-10-28-84)76(116)95-58(29-44(2)3)73(113)88-39-69(110)94-66(75(115)87-37-67(85)108)41-124-42-70(111)93-61(32-49-14-22-54(105)23-15-49)79(119)99-64(81(121)102-71)35-52-36-86-43-90-52/h12-27,36,43-47,57-66,71,103-107H,8-11,28-35,37-42,84H2,1-7H3,(H2,85,108)(H,86,90)(H,87,115)(H,88,113)(H,89,114)(H,91,117)(H,92,109)(H,93,111)(H,94,110)(H,95,116)(H,96,122)(H,97,118)(H,98,120)(H,99,119)(H,100,123)(H,101,112)(H,102,121)/t46-,47-,57-,58-,59-,60-,61-,62-,63-,64-,65-,66-,71-/m0/s1. The zero-order valence-electron chi connectivity index (χ0n) is 70.1. The zero-order valence-corrected chi connectivity index (χ0v) is 70.9. The van der Waals surface area contributed by atoms with Crippen LogP contribution in [-0.2, 0) is 109 Å². The molecule has 1 fully saturated rings. The molecule has 6 rings (SSSR count). The summed E-state index contributed by atoms with van der Waals surface area (Å²) in [6, 6.07) is 3.49. The van der Waals surface area contributed by atoms with E-state index in [1.165, 1.54) is 117 Å². The van der Waals surface area contributed by atoms with Crippen LogP contribution in [0.3, 0.4) is 0 Å². The summed E-state index contributed by atoms with van der Waals surface area (Å²) >= 11 is 0.768. The number of aliphatic hydroxyl groups excluding tert-OH is 1. The van der Waals surface area contributed by atoms with Gasteiger partial charge in [0.1, 0.15) is 95.5 Å². The van der Waals surface area contributed by atoms with E-state index < -0.39 is 211 Å². The summed E-state index contributed by atoms with van der Waals surface area (Å²) < 4.78 is 0. The number of thioether (sulfide) groups is 1. The highest BCUT2D eigenvalue weighted by Crippen LogP contribution is 2.20. The molecule has 1 aromatic heterocycles. The van der Waals surface area contributed by atoms with Crippen LogP contribution in [0.5, 0.6) is 23.0 Å². The minimum atomic E-state index is -1.83. The van der Waals surface area contributed by atoms with Gasteiger partial charge in [-0.1, -0.05) is 96.5 Å². The number of imidazole rings is 1. The number of aromatic amines is 1. The van der Waals surface area contributed by atoms with Gasteiger partial charge in [0.05, 0.1) is 44.0 Å². The highest BCUT2D eigenvalue weighted by atomic mass is 32.2.